The summed E-state index contributed by atoms with van der Waals surface area (Å²) in [6.07, 6.45) is 5.33. The molecule has 2 heterocycles. The molecule has 25 heavy (non-hydrogen) atoms. The molecule has 2 aromatic rings. The SMILES string of the molecule is O=C(CCc1ccccc1)N1CCCN(C(=O)c2cccnc2)CC1. The largest absolute Gasteiger partial charge is 0.341 e. The minimum atomic E-state index is -0.00770. The van der Waals surface area contributed by atoms with Gasteiger partial charge >= 0.3 is 0 Å². The summed E-state index contributed by atoms with van der Waals surface area (Å²) in [7, 11) is 0. The second-order valence-corrected chi connectivity index (χ2v) is 6.25. The van der Waals surface area contributed by atoms with E-state index >= 15 is 0 Å². The molecule has 0 atom stereocenters. The summed E-state index contributed by atoms with van der Waals surface area (Å²) in [5, 5.41) is 0. The van der Waals surface area contributed by atoms with Gasteiger partial charge in [-0.15, -0.1) is 0 Å². The fourth-order valence-electron chi connectivity index (χ4n) is 3.10. The number of aromatic nitrogens is 1. The van der Waals surface area contributed by atoms with Crippen molar-refractivity contribution in [1.29, 1.82) is 0 Å². The molecule has 0 bridgehead atoms. The Labute approximate surface area is 148 Å². The number of amides is 2. The van der Waals surface area contributed by atoms with E-state index in [0.29, 0.717) is 38.2 Å². The number of hydrogen-bond donors (Lipinski definition) is 0. The van der Waals surface area contributed by atoms with Gasteiger partial charge in [0.25, 0.3) is 5.91 Å². The number of aryl methyl sites for hydroxylation is 1. The average molecular weight is 337 g/mol. The number of carbonyl (C=O) groups is 2. The Kier molecular flexibility index (Phi) is 5.77. The zero-order valence-electron chi connectivity index (χ0n) is 14.3. The maximum Gasteiger partial charge on any atom is 0.255 e. The molecular formula is C20H23N3O2. The summed E-state index contributed by atoms with van der Waals surface area (Å²) in [5.74, 6) is 0.159. The van der Waals surface area contributed by atoms with Gasteiger partial charge in [-0.05, 0) is 30.5 Å². The standard InChI is InChI=1S/C20H23N3O2/c24-19(10-9-17-6-2-1-3-7-17)22-12-5-13-23(15-14-22)20(25)18-8-4-11-21-16-18/h1-4,6-8,11,16H,5,9-10,12-15H2. The number of pyridine rings is 1. The summed E-state index contributed by atoms with van der Waals surface area (Å²) < 4.78 is 0. The Hall–Kier alpha value is -2.69. The van der Waals surface area contributed by atoms with Gasteiger partial charge in [-0.25, -0.2) is 0 Å². The van der Waals surface area contributed by atoms with E-state index in [4.69, 9.17) is 0 Å². The number of benzene rings is 1. The van der Waals surface area contributed by atoms with Crippen LogP contribution < -0.4 is 0 Å². The maximum atomic E-state index is 12.5. The molecule has 0 unspecified atom stereocenters. The van der Waals surface area contributed by atoms with Gasteiger partial charge in [-0.2, -0.15) is 0 Å². The molecule has 0 spiro atoms. The smallest absolute Gasteiger partial charge is 0.255 e. The van der Waals surface area contributed by atoms with Crippen molar-refractivity contribution in [2.45, 2.75) is 19.3 Å². The zero-order valence-corrected chi connectivity index (χ0v) is 14.3. The van der Waals surface area contributed by atoms with Gasteiger partial charge in [0.2, 0.25) is 5.91 Å². The Bertz CT molecular complexity index is 703. The predicted octanol–water partition coefficient (Wildman–Crippen LogP) is 2.39. The van der Waals surface area contributed by atoms with Crippen molar-refractivity contribution >= 4 is 11.8 Å². The van der Waals surface area contributed by atoms with E-state index in [1.807, 2.05) is 40.1 Å². The molecule has 1 aliphatic heterocycles. The van der Waals surface area contributed by atoms with Crippen LogP contribution in [-0.2, 0) is 11.2 Å². The fraction of sp³-hybridized carbons (Fsp3) is 0.350. The Morgan fingerprint density at radius 3 is 2.44 bits per heavy atom. The van der Waals surface area contributed by atoms with Gasteiger partial charge in [-0.1, -0.05) is 30.3 Å². The third-order valence-corrected chi connectivity index (χ3v) is 4.51. The average Bonchev–Trinajstić information content (AvgIpc) is 2.93. The summed E-state index contributed by atoms with van der Waals surface area (Å²) in [4.78, 5) is 32.7. The van der Waals surface area contributed by atoms with Crippen LogP contribution in [0.1, 0.15) is 28.8 Å². The monoisotopic (exact) mass is 337 g/mol. The van der Waals surface area contributed by atoms with E-state index < -0.39 is 0 Å². The van der Waals surface area contributed by atoms with Crippen LogP contribution in [0.15, 0.2) is 54.9 Å². The van der Waals surface area contributed by atoms with Gasteiger partial charge in [-0.3, -0.25) is 14.6 Å². The van der Waals surface area contributed by atoms with Crippen molar-refractivity contribution < 1.29 is 9.59 Å². The summed E-state index contributed by atoms with van der Waals surface area (Å²) in [5.41, 5.74) is 1.78. The van der Waals surface area contributed by atoms with Gasteiger partial charge in [0.15, 0.2) is 0 Å². The fourth-order valence-corrected chi connectivity index (χ4v) is 3.10. The van der Waals surface area contributed by atoms with Crippen molar-refractivity contribution in [3.63, 3.8) is 0 Å². The minimum absolute atomic E-state index is 0.00770. The van der Waals surface area contributed by atoms with E-state index in [2.05, 4.69) is 4.98 Å². The Morgan fingerprint density at radius 2 is 1.68 bits per heavy atom. The van der Waals surface area contributed by atoms with Crippen molar-refractivity contribution in [2.75, 3.05) is 26.2 Å². The molecule has 0 N–H and O–H groups in total. The lowest BCUT2D eigenvalue weighted by Crippen LogP contribution is -2.37. The van der Waals surface area contributed by atoms with Crippen molar-refractivity contribution in [1.82, 2.24) is 14.8 Å². The molecule has 1 aliphatic rings. The first-order valence-corrected chi connectivity index (χ1v) is 8.75. The van der Waals surface area contributed by atoms with E-state index in [1.54, 1.807) is 24.5 Å². The molecular weight excluding hydrogens is 314 g/mol. The van der Waals surface area contributed by atoms with E-state index in [-0.39, 0.29) is 11.8 Å². The quantitative estimate of drug-likeness (QED) is 0.861. The highest BCUT2D eigenvalue weighted by Crippen LogP contribution is 2.11. The van der Waals surface area contributed by atoms with E-state index in [0.717, 1.165) is 12.8 Å². The first-order valence-electron chi connectivity index (χ1n) is 8.75. The zero-order chi connectivity index (χ0) is 17.5. The van der Waals surface area contributed by atoms with Crippen LogP contribution in [0.5, 0.6) is 0 Å². The van der Waals surface area contributed by atoms with Crippen LogP contribution in [0.2, 0.25) is 0 Å². The van der Waals surface area contributed by atoms with Gasteiger partial charge in [0.05, 0.1) is 5.56 Å². The molecule has 5 nitrogen and oxygen atoms in total. The second kappa shape index (κ2) is 8.42. The van der Waals surface area contributed by atoms with Crippen LogP contribution in [0.3, 0.4) is 0 Å². The van der Waals surface area contributed by atoms with Gasteiger partial charge in [0, 0.05) is 45.0 Å². The topological polar surface area (TPSA) is 53.5 Å². The molecule has 0 aliphatic carbocycles. The van der Waals surface area contributed by atoms with E-state index in [1.165, 1.54) is 5.56 Å². The summed E-state index contributed by atoms with van der Waals surface area (Å²) in [6, 6.07) is 13.6. The number of carbonyl (C=O) groups excluding carboxylic acids is 2. The molecule has 0 saturated carbocycles. The molecule has 1 fully saturated rings. The first kappa shape index (κ1) is 17.1. The third-order valence-electron chi connectivity index (χ3n) is 4.51. The van der Waals surface area contributed by atoms with Crippen LogP contribution in [0.25, 0.3) is 0 Å². The molecule has 3 rings (SSSR count). The van der Waals surface area contributed by atoms with Crippen molar-refractivity contribution in [3.8, 4) is 0 Å². The van der Waals surface area contributed by atoms with Gasteiger partial charge in [0.1, 0.15) is 0 Å². The van der Waals surface area contributed by atoms with Crippen molar-refractivity contribution in [3.05, 3.63) is 66.0 Å². The number of nitrogens with zero attached hydrogens (tertiary/aromatic N) is 3. The predicted molar refractivity (Wildman–Crippen MR) is 96.1 cm³/mol. The van der Waals surface area contributed by atoms with E-state index in [9.17, 15) is 9.59 Å². The van der Waals surface area contributed by atoms with Crippen molar-refractivity contribution in [2.24, 2.45) is 0 Å². The van der Waals surface area contributed by atoms with Crippen LogP contribution >= 0.6 is 0 Å². The molecule has 5 heteroatoms. The normalized spacial score (nSPS) is 14.9. The number of rotatable bonds is 4. The maximum absolute atomic E-state index is 12.5. The minimum Gasteiger partial charge on any atom is -0.341 e. The van der Waals surface area contributed by atoms with Gasteiger partial charge < -0.3 is 9.80 Å². The molecule has 130 valence electrons. The summed E-state index contributed by atoms with van der Waals surface area (Å²) >= 11 is 0. The molecule has 1 aromatic heterocycles. The highest BCUT2D eigenvalue weighted by Gasteiger charge is 2.22. The lowest BCUT2D eigenvalue weighted by molar-refractivity contribution is -0.131. The Balaban J connectivity index is 1.52. The summed E-state index contributed by atoms with van der Waals surface area (Å²) in [6.45, 7) is 2.56. The third kappa shape index (κ3) is 4.66. The van der Waals surface area contributed by atoms with Crippen LogP contribution in [0, 0.1) is 0 Å². The molecule has 2 amide bonds. The molecule has 1 aromatic carbocycles. The first-order chi connectivity index (χ1) is 12.2. The molecule has 1 saturated heterocycles. The number of hydrogen-bond acceptors (Lipinski definition) is 3. The lowest BCUT2D eigenvalue weighted by atomic mass is 10.1. The highest BCUT2D eigenvalue weighted by molar-refractivity contribution is 5.94. The van der Waals surface area contributed by atoms with Crippen LogP contribution in [0.4, 0.5) is 0 Å². The highest BCUT2D eigenvalue weighted by atomic mass is 16.2. The molecule has 0 radical (unpaired) electrons. The Morgan fingerprint density at radius 1 is 0.920 bits per heavy atom. The lowest BCUT2D eigenvalue weighted by Gasteiger charge is -2.22. The van der Waals surface area contributed by atoms with Crippen LogP contribution in [-0.4, -0.2) is 52.8 Å². The second-order valence-electron chi connectivity index (χ2n) is 6.25.